The molecule has 8 atom stereocenters. The average molecular weight is 403 g/mol. The van der Waals surface area contributed by atoms with Gasteiger partial charge in [-0.05, 0) is 87.0 Å². The average Bonchev–Trinajstić information content (AvgIpc) is 3.25. The number of aliphatic hydroxyl groups is 2. The molecule has 162 valence electrons. The molecule has 0 radical (unpaired) electrons. The predicted octanol–water partition coefficient (Wildman–Crippen LogP) is 3.45. The van der Waals surface area contributed by atoms with E-state index in [1.165, 1.54) is 0 Å². The standard InChI is InChI=1S/C24H38N2O3/c1-15-16-13-17(27)19-22(2)8-6-9-23(3,25-21(29)26-11-4-5-12-26)18(22)7-10-24(19,14-16)20(15)28/h16-20,27-28H,1,4-14H2,2-3H3,(H,25,29)/t16-,17+,18+,19+,20-,22-,23-,24-/m1/s1. The van der Waals surface area contributed by atoms with E-state index in [4.69, 9.17) is 0 Å². The van der Waals surface area contributed by atoms with E-state index in [9.17, 15) is 15.0 Å². The fourth-order valence-electron chi connectivity index (χ4n) is 8.87. The monoisotopic (exact) mass is 402 g/mol. The first kappa shape index (κ1) is 19.9. The molecular formula is C24H38N2O3. The van der Waals surface area contributed by atoms with Crippen molar-refractivity contribution in [3.05, 3.63) is 12.2 Å². The van der Waals surface area contributed by atoms with E-state index in [1.807, 2.05) is 4.90 Å². The summed E-state index contributed by atoms with van der Waals surface area (Å²) in [6.07, 6.45) is 8.12. The van der Waals surface area contributed by atoms with Gasteiger partial charge in [0.25, 0.3) is 0 Å². The van der Waals surface area contributed by atoms with E-state index >= 15 is 0 Å². The van der Waals surface area contributed by atoms with Gasteiger partial charge < -0.3 is 20.4 Å². The lowest BCUT2D eigenvalue weighted by Gasteiger charge is -2.65. The lowest BCUT2D eigenvalue weighted by molar-refractivity contribution is -0.195. The first-order chi connectivity index (χ1) is 13.7. The van der Waals surface area contributed by atoms with Gasteiger partial charge in [-0.2, -0.15) is 0 Å². The molecule has 1 spiro atoms. The van der Waals surface area contributed by atoms with Crippen LogP contribution in [-0.4, -0.2) is 52.0 Å². The van der Waals surface area contributed by atoms with Gasteiger partial charge in [-0.3, -0.25) is 0 Å². The SMILES string of the molecule is C=C1[C@@H]2C[C@H](O)[C@H]3[C@]4(C)CCC[C@@](C)(NC(=O)N5CCCC5)[C@H]4CC[C@]3(C2)[C@@H]1O. The van der Waals surface area contributed by atoms with E-state index in [2.05, 4.69) is 25.7 Å². The van der Waals surface area contributed by atoms with Crippen LogP contribution in [0.2, 0.25) is 0 Å². The van der Waals surface area contributed by atoms with Crippen LogP contribution < -0.4 is 5.32 Å². The molecule has 2 bridgehead atoms. The van der Waals surface area contributed by atoms with Gasteiger partial charge >= 0.3 is 6.03 Å². The van der Waals surface area contributed by atoms with Gasteiger partial charge in [0, 0.05) is 24.0 Å². The van der Waals surface area contributed by atoms with Crippen molar-refractivity contribution in [2.24, 2.45) is 28.6 Å². The number of carbonyl (C=O) groups excluding carboxylic acids is 1. The molecule has 5 nitrogen and oxygen atoms in total. The largest absolute Gasteiger partial charge is 0.393 e. The third kappa shape index (κ3) is 2.62. The highest BCUT2D eigenvalue weighted by Gasteiger charge is 2.69. The number of urea groups is 1. The van der Waals surface area contributed by atoms with E-state index in [0.29, 0.717) is 5.92 Å². The molecular weight excluding hydrogens is 364 g/mol. The van der Waals surface area contributed by atoms with E-state index in [0.717, 1.165) is 76.5 Å². The number of hydrogen-bond donors (Lipinski definition) is 3. The second-order valence-electron chi connectivity index (χ2n) is 11.4. The quantitative estimate of drug-likeness (QED) is 0.588. The number of nitrogens with one attached hydrogen (secondary N) is 1. The van der Waals surface area contributed by atoms with Gasteiger partial charge in [0.05, 0.1) is 12.2 Å². The summed E-state index contributed by atoms with van der Waals surface area (Å²) in [5.74, 6) is 0.682. The zero-order valence-electron chi connectivity index (χ0n) is 18.1. The fourth-order valence-corrected chi connectivity index (χ4v) is 8.87. The Balaban J connectivity index is 1.47. The molecule has 5 heteroatoms. The molecule has 4 saturated carbocycles. The zero-order valence-corrected chi connectivity index (χ0v) is 18.1. The molecule has 3 N–H and O–H groups in total. The molecule has 1 heterocycles. The Morgan fingerprint density at radius 3 is 2.59 bits per heavy atom. The summed E-state index contributed by atoms with van der Waals surface area (Å²) in [7, 11) is 0. The van der Waals surface area contributed by atoms with Gasteiger partial charge in [-0.25, -0.2) is 4.79 Å². The smallest absolute Gasteiger partial charge is 0.317 e. The fraction of sp³-hybridized carbons (Fsp3) is 0.875. The van der Waals surface area contributed by atoms with Gasteiger partial charge in [0.2, 0.25) is 0 Å². The topological polar surface area (TPSA) is 72.8 Å². The number of carbonyl (C=O) groups is 1. The molecule has 0 aromatic carbocycles. The van der Waals surface area contributed by atoms with Crippen molar-refractivity contribution in [2.75, 3.05) is 13.1 Å². The van der Waals surface area contributed by atoms with Gasteiger partial charge in [0.15, 0.2) is 0 Å². The third-order valence-corrected chi connectivity index (χ3v) is 9.95. The summed E-state index contributed by atoms with van der Waals surface area (Å²) in [4.78, 5) is 14.9. The number of fused-ring (bicyclic) bond motifs is 3. The molecule has 1 saturated heterocycles. The summed E-state index contributed by atoms with van der Waals surface area (Å²) >= 11 is 0. The number of rotatable bonds is 1. The van der Waals surface area contributed by atoms with E-state index in [1.54, 1.807) is 0 Å². The van der Waals surface area contributed by atoms with Crippen molar-refractivity contribution in [1.29, 1.82) is 0 Å². The second kappa shape index (κ2) is 6.46. The molecule has 29 heavy (non-hydrogen) atoms. The van der Waals surface area contributed by atoms with Crippen LogP contribution in [0.15, 0.2) is 12.2 Å². The van der Waals surface area contributed by atoms with E-state index < -0.39 is 6.10 Å². The Kier molecular flexibility index (Phi) is 4.43. The molecule has 2 amide bonds. The van der Waals surface area contributed by atoms with Gasteiger partial charge in [0.1, 0.15) is 0 Å². The molecule has 0 aromatic rings. The lowest BCUT2D eigenvalue weighted by atomic mass is 9.41. The highest BCUT2D eigenvalue weighted by molar-refractivity contribution is 5.75. The Morgan fingerprint density at radius 2 is 1.86 bits per heavy atom. The molecule has 5 rings (SSSR count). The minimum atomic E-state index is -0.486. The molecule has 0 unspecified atom stereocenters. The Hall–Kier alpha value is -1.07. The number of aliphatic hydroxyl groups excluding tert-OH is 2. The summed E-state index contributed by atoms with van der Waals surface area (Å²) in [6, 6.07) is 0.0908. The minimum absolute atomic E-state index is 0.0699. The highest BCUT2D eigenvalue weighted by atomic mass is 16.3. The van der Waals surface area contributed by atoms with Gasteiger partial charge in [-0.15, -0.1) is 0 Å². The van der Waals surface area contributed by atoms with Crippen LogP contribution in [0.5, 0.6) is 0 Å². The third-order valence-electron chi connectivity index (χ3n) is 9.95. The maximum Gasteiger partial charge on any atom is 0.317 e. The van der Waals surface area contributed by atoms with Crippen molar-refractivity contribution < 1.29 is 15.0 Å². The van der Waals surface area contributed by atoms with Crippen LogP contribution in [0.25, 0.3) is 0 Å². The van der Waals surface area contributed by atoms with Crippen LogP contribution in [-0.2, 0) is 0 Å². The Labute approximate surface area is 174 Å². The second-order valence-corrected chi connectivity index (χ2v) is 11.4. The minimum Gasteiger partial charge on any atom is -0.393 e. The molecule has 1 aliphatic heterocycles. The van der Waals surface area contributed by atoms with Crippen LogP contribution in [0.4, 0.5) is 4.79 Å². The summed E-state index contributed by atoms with van der Waals surface area (Å²) in [5, 5.41) is 26.0. The summed E-state index contributed by atoms with van der Waals surface area (Å²) in [6.45, 7) is 10.5. The number of hydrogen-bond acceptors (Lipinski definition) is 3. The van der Waals surface area contributed by atoms with Gasteiger partial charge in [-0.1, -0.05) is 19.9 Å². The van der Waals surface area contributed by atoms with Crippen molar-refractivity contribution in [3.8, 4) is 0 Å². The molecule has 0 aromatic heterocycles. The first-order valence-corrected chi connectivity index (χ1v) is 11.8. The highest BCUT2D eigenvalue weighted by Crippen LogP contribution is 2.70. The molecule has 5 fully saturated rings. The summed E-state index contributed by atoms with van der Waals surface area (Å²) in [5.41, 5.74) is 0.418. The predicted molar refractivity (Wildman–Crippen MR) is 112 cm³/mol. The van der Waals surface area contributed by atoms with E-state index in [-0.39, 0.29) is 40.3 Å². The number of likely N-dealkylation sites (tertiary alicyclic amines) is 1. The van der Waals surface area contributed by atoms with Crippen LogP contribution in [0, 0.1) is 28.6 Å². The Morgan fingerprint density at radius 1 is 1.14 bits per heavy atom. The molecule has 4 aliphatic carbocycles. The van der Waals surface area contributed by atoms with Crippen molar-refractivity contribution in [2.45, 2.75) is 89.4 Å². The van der Waals surface area contributed by atoms with Crippen molar-refractivity contribution >= 4 is 6.03 Å². The maximum atomic E-state index is 13.0. The zero-order chi connectivity index (χ0) is 20.6. The van der Waals surface area contributed by atoms with Crippen molar-refractivity contribution in [1.82, 2.24) is 10.2 Å². The maximum absolute atomic E-state index is 13.0. The Bertz CT molecular complexity index is 719. The number of amides is 2. The lowest BCUT2D eigenvalue weighted by Crippen LogP contribution is -2.68. The van der Waals surface area contributed by atoms with Crippen LogP contribution in [0.1, 0.15) is 71.6 Å². The molecule has 5 aliphatic rings. The van der Waals surface area contributed by atoms with Crippen LogP contribution >= 0.6 is 0 Å². The van der Waals surface area contributed by atoms with Crippen LogP contribution in [0.3, 0.4) is 0 Å². The number of nitrogens with zero attached hydrogens (tertiary/aromatic N) is 1. The normalized spacial score (nSPS) is 51.5. The first-order valence-electron chi connectivity index (χ1n) is 11.8. The van der Waals surface area contributed by atoms with Crippen molar-refractivity contribution in [3.63, 3.8) is 0 Å². The summed E-state index contributed by atoms with van der Waals surface area (Å²) < 4.78 is 0.